The minimum absolute atomic E-state index is 0.705. The fourth-order valence-corrected chi connectivity index (χ4v) is 8.69. The van der Waals surface area contributed by atoms with Crippen LogP contribution in [-0.4, -0.2) is 19.9 Å². The van der Waals surface area contributed by atoms with Crippen molar-refractivity contribution in [3.8, 4) is 67.5 Å². The lowest BCUT2D eigenvalue weighted by Gasteiger charge is -2.13. The molecule has 0 unspecified atom stereocenters. The topological polar surface area (TPSA) is 51.6 Å². The van der Waals surface area contributed by atoms with E-state index in [1.165, 1.54) is 36.5 Å². The van der Waals surface area contributed by atoms with Crippen LogP contribution < -0.4 is 9.75 Å². The molecule has 0 radical (unpaired) electrons. The molecule has 6 aromatic carbocycles. The monoisotopic (exact) mass is 722 g/mol. The second-order valence-electron chi connectivity index (χ2n) is 13.7. The zero-order valence-corrected chi connectivity index (χ0v) is 30.7. The quantitative estimate of drug-likeness (QED) is 0.164. The summed E-state index contributed by atoms with van der Waals surface area (Å²) in [6.07, 6.45) is 4.18. The number of benzene rings is 6. The van der Waals surface area contributed by atoms with Crippen LogP contribution in [0.1, 0.15) is 18.7 Å². The van der Waals surface area contributed by atoms with Crippen molar-refractivity contribution >= 4 is 33.1 Å². The third kappa shape index (κ3) is 6.45. The van der Waals surface area contributed by atoms with E-state index in [1.54, 1.807) is 0 Å². The Balaban J connectivity index is 1.11. The van der Waals surface area contributed by atoms with Gasteiger partial charge in [-0.1, -0.05) is 164 Å². The molecule has 5 heteroatoms. The first-order valence-corrected chi connectivity index (χ1v) is 19.4. The normalized spacial score (nSPS) is 12.3. The van der Waals surface area contributed by atoms with E-state index in [1.807, 2.05) is 35.6 Å². The molecule has 9 aromatic rings. The molecule has 0 N–H and O–H groups in total. The van der Waals surface area contributed by atoms with Crippen molar-refractivity contribution in [1.29, 1.82) is 0 Å². The maximum Gasteiger partial charge on any atom is 0.160 e. The molecule has 3 aromatic heterocycles. The van der Waals surface area contributed by atoms with Gasteiger partial charge in [0.25, 0.3) is 0 Å². The largest absolute Gasteiger partial charge is 0.228 e. The summed E-state index contributed by atoms with van der Waals surface area (Å²) in [6, 6.07) is 61.2. The van der Waals surface area contributed by atoms with E-state index >= 15 is 0 Å². The first-order valence-electron chi connectivity index (χ1n) is 18.6. The van der Waals surface area contributed by atoms with Gasteiger partial charge in [0.2, 0.25) is 0 Å². The molecule has 0 atom stereocenters. The van der Waals surface area contributed by atoms with Crippen LogP contribution >= 0.6 is 11.3 Å². The summed E-state index contributed by atoms with van der Waals surface area (Å²) in [5, 5.41) is 2.45. The highest BCUT2D eigenvalue weighted by molar-refractivity contribution is 7.17. The van der Waals surface area contributed by atoms with Crippen LogP contribution in [0.15, 0.2) is 176 Å². The molecule has 0 bridgehead atoms. The van der Waals surface area contributed by atoms with Gasteiger partial charge in [-0.05, 0) is 42.2 Å². The van der Waals surface area contributed by atoms with Crippen molar-refractivity contribution in [2.75, 3.05) is 0 Å². The predicted octanol–water partition coefficient (Wildman–Crippen LogP) is 11.3. The zero-order chi connectivity index (χ0) is 36.6. The molecule has 10 rings (SSSR count). The van der Waals surface area contributed by atoms with E-state index < -0.39 is 0 Å². The number of hydrogen-bond acceptors (Lipinski definition) is 5. The van der Waals surface area contributed by atoms with Crippen LogP contribution in [0.4, 0.5) is 0 Å². The summed E-state index contributed by atoms with van der Waals surface area (Å²) in [7, 11) is 0. The van der Waals surface area contributed by atoms with E-state index in [0.717, 1.165) is 69.3 Å². The van der Waals surface area contributed by atoms with Gasteiger partial charge < -0.3 is 0 Å². The summed E-state index contributed by atoms with van der Waals surface area (Å²) >= 11 is 1.82. The van der Waals surface area contributed by atoms with Crippen molar-refractivity contribution in [2.24, 2.45) is 0 Å². The number of fused-ring (bicyclic) bond motifs is 3. The molecule has 0 fully saturated rings. The second-order valence-corrected chi connectivity index (χ2v) is 14.8. The van der Waals surface area contributed by atoms with Crippen molar-refractivity contribution in [2.45, 2.75) is 12.8 Å². The van der Waals surface area contributed by atoms with E-state index in [9.17, 15) is 0 Å². The molecule has 1 aliphatic carbocycles. The van der Waals surface area contributed by atoms with Gasteiger partial charge in [0.05, 0.1) is 22.8 Å². The Kier molecular flexibility index (Phi) is 8.47. The minimum atomic E-state index is 0.705. The van der Waals surface area contributed by atoms with Crippen molar-refractivity contribution in [3.63, 3.8) is 0 Å². The number of hydrogen-bond donors (Lipinski definition) is 0. The highest BCUT2D eigenvalue weighted by Gasteiger charge is 2.19. The number of nitrogens with zero attached hydrogens (tertiary/aromatic N) is 4. The Morgan fingerprint density at radius 2 is 0.800 bits per heavy atom. The first-order chi connectivity index (χ1) is 27.2. The average Bonchev–Trinajstić information content (AvgIpc) is 3.66. The lowest BCUT2D eigenvalue weighted by Crippen LogP contribution is -2.26. The van der Waals surface area contributed by atoms with Crippen molar-refractivity contribution in [3.05, 3.63) is 192 Å². The lowest BCUT2D eigenvalue weighted by molar-refractivity contribution is 1.02. The van der Waals surface area contributed by atoms with Crippen molar-refractivity contribution in [1.82, 2.24) is 19.9 Å². The Morgan fingerprint density at radius 3 is 1.33 bits per heavy atom. The van der Waals surface area contributed by atoms with E-state index in [0.29, 0.717) is 5.82 Å². The van der Waals surface area contributed by atoms with Gasteiger partial charge in [0.15, 0.2) is 11.6 Å². The molecule has 4 nitrogen and oxygen atoms in total. The van der Waals surface area contributed by atoms with Gasteiger partial charge >= 0.3 is 0 Å². The van der Waals surface area contributed by atoms with Crippen LogP contribution in [0.3, 0.4) is 0 Å². The maximum atomic E-state index is 5.23. The van der Waals surface area contributed by atoms with Gasteiger partial charge in [-0.2, -0.15) is 0 Å². The molecular weight excluding hydrogens is 689 g/mol. The Hall–Kier alpha value is -6.82. The summed E-state index contributed by atoms with van der Waals surface area (Å²) < 4.78 is 2.46. The average molecular weight is 723 g/mol. The standard InChI is InChI=1S/C50H34N4S/c1-5-14-33(15-6-1)34-24-26-38(27-25-34)45-31-42(35-16-7-2-8-17-35)51-49(52-45)39-28-29-40-47(30-39)55-46-23-13-22-41(48(40)46)50-53-43(36-18-9-3-10-19-36)32-44(54-50)37-20-11-4-12-21-37/h1-12,14-21,23-32H,13,22H2. The minimum Gasteiger partial charge on any atom is -0.228 e. The number of rotatable bonds is 7. The fourth-order valence-electron chi connectivity index (χ4n) is 7.45. The highest BCUT2D eigenvalue weighted by Crippen LogP contribution is 2.32. The Morgan fingerprint density at radius 1 is 0.382 bits per heavy atom. The fraction of sp³-hybridized carbons (Fsp3) is 0.0400. The SMILES string of the molecule is C1=c2sc3cc(-c4nc(-c5ccccc5)cc(-c5ccc(-c6ccccc6)cc5)n4)ccc3c2=C(c2nc(-c3ccccc3)cc(-c3ccccc3)n2)CC1. The molecular formula is C50H34N4S. The third-order valence-electron chi connectivity index (χ3n) is 10.2. The van der Waals surface area contributed by atoms with Crippen LogP contribution in [0, 0.1) is 0 Å². The molecule has 0 saturated heterocycles. The van der Waals surface area contributed by atoms with Crippen LogP contribution in [0.25, 0.3) is 89.3 Å². The van der Waals surface area contributed by atoms with Gasteiger partial charge in [-0.25, -0.2) is 19.9 Å². The third-order valence-corrected chi connectivity index (χ3v) is 11.4. The molecule has 0 aliphatic heterocycles. The van der Waals surface area contributed by atoms with Crippen molar-refractivity contribution < 1.29 is 0 Å². The lowest BCUT2D eigenvalue weighted by atomic mass is 9.99. The first kappa shape index (κ1) is 32.8. The van der Waals surface area contributed by atoms with Crippen LogP contribution in [0.2, 0.25) is 0 Å². The van der Waals surface area contributed by atoms with Gasteiger partial charge in [0, 0.05) is 53.2 Å². The Labute approximate surface area is 323 Å². The molecule has 3 heterocycles. The molecule has 55 heavy (non-hydrogen) atoms. The predicted molar refractivity (Wildman–Crippen MR) is 228 cm³/mol. The van der Waals surface area contributed by atoms with E-state index in [4.69, 9.17) is 19.9 Å². The highest BCUT2D eigenvalue weighted by atomic mass is 32.1. The molecule has 1 aliphatic rings. The van der Waals surface area contributed by atoms with E-state index in [-0.39, 0.29) is 0 Å². The zero-order valence-electron chi connectivity index (χ0n) is 29.9. The van der Waals surface area contributed by atoms with Crippen LogP contribution in [0.5, 0.6) is 0 Å². The summed E-state index contributed by atoms with van der Waals surface area (Å²) in [5.74, 6) is 1.50. The van der Waals surface area contributed by atoms with Gasteiger partial charge in [-0.3, -0.25) is 0 Å². The van der Waals surface area contributed by atoms with Crippen LogP contribution in [-0.2, 0) is 0 Å². The second kappa shape index (κ2) is 14.2. The van der Waals surface area contributed by atoms with Gasteiger partial charge in [0.1, 0.15) is 0 Å². The summed E-state index contributed by atoms with van der Waals surface area (Å²) in [5.41, 5.74) is 12.5. The number of thiophene rings is 1. The van der Waals surface area contributed by atoms with Gasteiger partial charge in [-0.15, -0.1) is 11.3 Å². The summed E-state index contributed by atoms with van der Waals surface area (Å²) in [6.45, 7) is 0. The summed E-state index contributed by atoms with van der Waals surface area (Å²) in [4.78, 5) is 20.8. The maximum absolute atomic E-state index is 5.23. The molecule has 0 amide bonds. The molecule has 0 spiro atoms. The molecule has 260 valence electrons. The number of aromatic nitrogens is 4. The molecule has 0 saturated carbocycles. The Bertz CT molecular complexity index is 2880. The van der Waals surface area contributed by atoms with E-state index in [2.05, 4.69) is 158 Å². The smallest absolute Gasteiger partial charge is 0.160 e.